The molecule has 17 heteroatoms. The average Bonchev–Trinajstić information content (AvgIpc) is 3.62. The van der Waals surface area contributed by atoms with Gasteiger partial charge in [-0.25, -0.2) is 9.69 Å². The Morgan fingerprint density at radius 2 is 2.05 bits per heavy atom. The molecule has 1 atom stereocenters. The van der Waals surface area contributed by atoms with Crippen LogP contribution < -0.4 is 16.4 Å². The fraction of sp³-hybridized carbons (Fsp3) is 0.400. The van der Waals surface area contributed by atoms with Crippen LogP contribution in [-0.4, -0.2) is 102 Å². The predicted molar refractivity (Wildman–Crippen MR) is 131 cm³/mol. The molecule has 37 heavy (non-hydrogen) atoms. The molecule has 3 fully saturated rings. The van der Waals surface area contributed by atoms with Gasteiger partial charge in [0.05, 0.1) is 0 Å². The molecule has 3 aliphatic heterocycles. The van der Waals surface area contributed by atoms with Gasteiger partial charge in [-0.2, -0.15) is 22.0 Å². The highest BCUT2D eigenvalue weighted by Crippen LogP contribution is 2.28. The molecular weight excluding hydrogens is 528 g/mol. The first-order chi connectivity index (χ1) is 17.7. The van der Waals surface area contributed by atoms with E-state index in [1.54, 1.807) is 4.90 Å². The van der Waals surface area contributed by atoms with Crippen molar-refractivity contribution >= 4 is 64.6 Å². The Hall–Kier alpha value is -3.83. The predicted octanol–water partition coefficient (Wildman–Crippen LogP) is -2.06. The van der Waals surface area contributed by atoms with Gasteiger partial charge in [0, 0.05) is 42.0 Å². The molecule has 0 unspecified atom stereocenters. The lowest BCUT2D eigenvalue weighted by Gasteiger charge is -2.36. The number of likely N-dealkylation sites (tertiary alicyclic amines) is 2. The number of β-lactam (4-membered cyclic amide) rings is 2. The van der Waals surface area contributed by atoms with Crippen molar-refractivity contribution in [2.24, 2.45) is 5.16 Å². The molecule has 0 aliphatic carbocycles. The summed E-state index contributed by atoms with van der Waals surface area (Å²) < 4.78 is 3.72. The highest BCUT2D eigenvalue weighted by atomic mass is 32.1. The molecule has 4 amide bonds. The highest BCUT2D eigenvalue weighted by Gasteiger charge is 2.52. The van der Waals surface area contributed by atoms with Crippen molar-refractivity contribution in [1.29, 1.82) is 0 Å². The third-order valence-electron chi connectivity index (χ3n) is 6.06. The molecule has 3 saturated heterocycles. The van der Waals surface area contributed by atoms with E-state index in [1.807, 2.05) is 0 Å². The number of nitrogens with zero attached hydrogens (tertiary/aromatic N) is 5. The Balaban J connectivity index is 1.54. The van der Waals surface area contributed by atoms with Gasteiger partial charge in [0.25, 0.3) is 17.7 Å². The first-order valence-electron chi connectivity index (χ1n) is 11.0. The number of nitrogens with two attached hydrogens (primary N) is 1. The zero-order valence-corrected chi connectivity index (χ0v) is 20.8. The number of anilines is 1. The van der Waals surface area contributed by atoms with Crippen molar-refractivity contribution in [3.05, 3.63) is 28.7 Å². The summed E-state index contributed by atoms with van der Waals surface area (Å²) in [5, 5.41) is 27.0. The highest BCUT2D eigenvalue weighted by molar-refractivity contribution is 7.80. The van der Waals surface area contributed by atoms with E-state index in [4.69, 9.17) is 10.9 Å². The summed E-state index contributed by atoms with van der Waals surface area (Å²) in [6.45, 7) is 1.95. The molecule has 0 radical (unpaired) electrons. The fourth-order valence-corrected chi connectivity index (χ4v) is 4.95. The second kappa shape index (κ2) is 10.7. The quantitative estimate of drug-likeness (QED) is 0.0393. The number of nitrogens with one attached hydrogen (secondary N) is 2. The van der Waals surface area contributed by atoms with E-state index in [1.165, 1.54) is 6.08 Å². The van der Waals surface area contributed by atoms with Crippen LogP contribution in [0.2, 0.25) is 0 Å². The van der Waals surface area contributed by atoms with Crippen LogP contribution >= 0.6 is 24.2 Å². The lowest BCUT2D eigenvalue weighted by molar-refractivity contribution is -0.162. The summed E-state index contributed by atoms with van der Waals surface area (Å²) in [6.07, 6.45) is 2.54. The van der Waals surface area contributed by atoms with Gasteiger partial charge in [0.2, 0.25) is 17.4 Å². The minimum atomic E-state index is -1.73. The molecule has 4 rings (SSSR count). The summed E-state index contributed by atoms with van der Waals surface area (Å²) in [6, 6.07) is -1.69. The number of aliphatic carboxylic acids is 1. The lowest BCUT2D eigenvalue weighted by atomic mass is 10.0. The molecule has 4 heterocycles. The number of rotatable bonds is 8. The Bertz CT molecular complexity index is 1250. The van der Waals surface area contributed by atoms with Crippen LogP contribution in [-0.2, 0) is 24.0 Å². The largest absolute Gasteiger partial charge is 0.477 e. The number of thiol groups is 1. The summed E-state index contributed by atoms with van der Waals surface area (Å²) in [7, 11) is 0. The first kappa shape index (κ1) is 26.2. The van der Waals surface area contributed by atoms with Crippen molar-refractivity contribution in [3.8, 4) is 0 Å². The molecule has 1 aromatic rings. The third-order valence-corrected chi connectivity index (χ3v) is 6.94. The standard InChI is InChI=1S/C20H22N8O7S2/c21-20-24-14(26-37-20)11(25-35)15(29)23-12-17(31)28(18(12)32)13(19(33)34)9(7-36)5-8-2-4-27(16(8)30)10-1-3-22-6-10/h5,10,12,22,35-36H,1-4,6-7H2,(H,23,29)(H,33,34)(H2,21,24,26)/b8-5+,13-9?,25-11-/t10-/m1/s1. The summed E-state index contributed by atoms with van der Waals surface area (Å²) in [5.41, 5.74) is 4.42. The number of imide groups is 1. The van der Waals surface area contributed by atoms with Gasteiger partial charge in [0.15, 0.2) is 11.2 Å². The number of hydrogen-bond donors (Lipinski definition) is 6. The molecule has 3 aliphatic rings. The number of carbonyl (C=O) groups excluding carboxylic acids is 4. The van der Waals surface area contributed by atoms with E-state index in [-0.39, 0.29) is 34.2 Å². The number of carboxylic acids is 1. The molecule has 0 aromatic carbocycles. The third kappa shape index (κ3) is 4.92. The van der Waals surface area contributed by atoms with Gasteiger partial charge >= 0.3 is 5.97 Å². The number of oxime groups is 1. The van der Waals surface area contributed by atoms with Crippen LogP contribution in [0.15, 0.2) is 28.1 Å². The van der Waals surface area contributed by atoms with E-state index in [2.05, 4.69) is 37.8 Å². The van der Waals surface area contributed by atoms with Crippen molar-refractivity contribution < 1.29 is 34.3 Å². The Kier molecular flexibility index (Phi) is 7.55. The van der Waals surface area contributed by atoms with Gasteiger partial charge in [-0.05, 0) is 31.0 Å². The van der Waals surface area contributed by atoms with Gasteiger partial charge in [0.1, 0.15) is 5.70 Å². The molecule has 0 saturated carbocycles. The minimum Gasteiger partial charge on any atom is -0.477 e. The van der Waals surface area contributed by atoms with Crippen LogP contribution in [0.5, 0.6) is 0 Å². The smallest absolute Gasteiger partial charge is 0.353 e. The maximum Gasteiger partial charge on any atom is 0.353 e. The van der Waals surface area contributed by atoms with Gasteiger partial charge in [-0.1, -0.05) is 5.16 Å². The lowest BCUT2D eigenvalue weighted by Crippen LogP contribution is -2.68. The molecule has 1 aromatic heterocycles. The minimum absolute atomic E-state index is 0.0145. The van der Waals surface area contributed by atoms with Crippen LogP contribution in [0.4, 0.5) is 5.13 Å². The number of amides is 4. The van der Waals surface area contributed by atoms with Crippen LogP contribution in [0.3, 0.4) is 0 Å². The zero-order valence-electron chi connectivity index (χ0n) is 19.1. The zero-order chi connectivity index (χ0) is 26.9. The number of hydrogen-bond acceptors (Lipinski definition) is 13. The number of carbonyl (C=O) groups is 5. The van der Waals surface area contributed by atoms with Crippen LogP contribution in [0, 0.1) is 0 Å². The fourth-order valence-electron chi connectivity index (χ4n) is 4.27. The van der Waals surface area contributed by atoms with Crippen molar-refractivity contribution in [2.45, 2.75) is 24.9 Å². The maximum atomic E-state index is 12.9. The second-order valence-corrected chi connectivity index (χ2v) is 9.32. The maximum absolute atomic E-state index is 12.9. The summed E-state index contributed by atoms with van der Waals surface area (Å²) in [5.74, 6) is -5.55. The van der Waals surface area contributed by atoms with Gasteiger partial charge in [-0.15, -0.1) is 0 Å². The molecule has 0 spiro atoms. The summed E-state index contributed by atoms with van der Waals surface area (Å²) >= 11 is 4.88. The van der Waals surface area contributed by atoms with Crippen molar-refractivity contribution in [3.63, 3.8) is 0 Å². The first-order valence-corrected chi connectivity index (χ1v) is 12.4. The molecule has 6 N–H and O–H groups in total. The Morgan fingerprint density at radius 3 is 2.59 bits per heavy atom. The van der Waals surface area contributed by atoms with Crippen LogP contribution in [0.1, 0.15) is 18.7 Å². The Morgan fingerprint density at radius 1 is 1.32 bits per heavy atom. The summed E-state index contributed by atoms with van der Waals surface area (Å²) in [4.78, 5) is 68.8. The number of aromatic nitrogens is 2. The Labute approximate surface area is 218 Å². The number of nitrogen functional groups attached to an aromatic ring is 1. The van der Waals surface area contributed by atoms with Crippen LogP contribution in [0.25, 0.3) is 0 Å². The van der Waals surface area contributed by atoms with E-state index in [9.17, 15) is 29.1 Å². The number of carboxylic acid groups (broad SMARTS) is 1. The van der Waals surface area contributed by atoms with Gasteiger partial charge < -0.3 is 31.6 Å². The van der Waals surface area contributed by atoms with E-state index in [0.29, 0.717) is 30.0 Å². The second-order valence-electron chi connectivity index (χ2n) is 8.23. The van der Waals surface area contributed by atoms with E-state index >= 15 is 0 Å². The van der Waals surface area contributed by atoms with E-state index in [0.717, 1.165) is 24.5 Å². The molecule has 15 nitrogen and oxygen atoms in total. The number of allylic oxidation sites excluding steroid dienone is 1. The molecule has 196 valence electrons. The molecule has 0 bridgehead atoms. The topological polar surface area (TPSA) is 221 Å². The normalized spacial score (nSPS) is 22.5. The van der Waals surface area contributed by atoms with E-state index < -0.39 is 41.1 Å². The molecular formula is C20H22N8O7S2. The van der Waals surface area contributed by atoms with Crippen molar-refractivity contribution in [1.82, 2.24) is 29.8 Å². The SMILES string of the molecule is Nc1nc(/C(=N/O)C(=O)NC2C(=O)N(C(C(=O)O)=C(/C=C3\CCN([C@@H]4CCNC4)C3=O)CS)C2=O)ns1. The monoisotopic (exact) mass is 550 g/mol. The van der Waals surface area contributed by atoms with Gasteiger partial charge in [-0.3, -0.25) is 19.2 Å². The van der Waals surface area contributed by atoms with Crippen molar-refractivity contribution in [2.75, 3.05) is 31.1 Å². The average molecular weight is 551 g/mol.